The van der Waals surface area contributed by atoms with Gasteiger partial charge in [-0.1, -0.05) is 42.0 Å². The van der Waals surface area contributed by atoms with E-state index >= 15 is 0 Å². The van der Waals surface area contributed by atoms with Crippen LogP contribution in [0.4, 0.5) is 10.1 Å². The van der Waals surface area contributed by atoms with Crippen LogP contribution in [0.25, 0.3) is 6.08 Å². The summed E-state index contributed by atoms with van der Waals surface area (Å²) in [4.78, 5) is 19.4. The second-order valence-corrected chi connectivity index (χ2v) is 6.86. The average Bonchev–Trinajstić information content (AvgIpc) is 3.00. The van der Waals surface area contributed by atoms with Crippen molar-refractivity contribution in [1.82, 2.24) is 0 Å². The van der Waals surface area contributed by atoms with Gasteiger partial charge in [-0.3, -0.25) is 9.69 Å². The Bertz CT molecular complexity index is 1100. The van der Waals surface area contributed by atoms with E-state index in [1.807, 2.05) is 62.4 Å². The molecule has 0 unspecified atom stereocenters. The van der Waals surface area contributed by atoms with Crippen LogP contribution in [0.3, 0.4) is 0 Å². The molecule has 0 saturated heterocycles. The second-order valence-electron chi connectivity index (χ2n) is 6.86. The molecule has 0 aliphatic carbocycles. The molecule has 0 fully saturated rings. The molecular formula is C24H19FN2O. The standard InChI is InChI=1S/C24H19FN2O/c1-16-6-8-18(9-7-16)15-22-24(28)27(21-5-3-4-17(2)14-21)23(26-22)19-10-12-20(25)13-11-19/h3-15H,1-2H3/b22-15+. The van der Waals surface area contributed by atoms with Gasteiger partial charge in [0.1, 0.15) is 17.3 Å². The maximum atomic E-state index is 13.4. The third-order valence-electron chi connectivity index (χ3n) is 4.60. The second kappa shape index (κ2) is 7.24. The highest BCUT2D eigenvalue weighted by molar-refractivity contribution is 6.33. The molecule has 1 amide bonds. The lowest BCUT2D eigenvalue weighted by Gasteiger charge is -2.19. The van der Waals surface area contributed by atoms with Gasteiger partial charge < -0.3 is 0 Å². The number of carbonyl (C=O) groups excluding carboxylic acids is 1. The summed E-state index contributed by atoms with van der Waals surface area (Å²) in [6.07, 6.45) is 1.78. The van der Waals surface area contributed by atoms with Crippen molar-refractivity contribution < 1.29 is 9.18 Å². The molecule has 1 aliphatic rings. The Hall–Kier alpha value is -3.53. The van der Waals surface area contributed by atoms with Crippen LogP contribution in [-0.2, 0) is 4.79 Å². The zero-order valence-corrected chi connectivity index (χ0v) is 15.7. The van der Waals surface area contributed by atoms with Crippen molar-refractivity contribution in [2.75, 3.05) is 4.90 Å². The predicted octanol–water partition coefficient (Wildman–Crippen LogP) is 5.28. The minimum atomic E-state index is -0.328. The lowest BCUT2D eigenvalue weighted by molar-refractivity contribution is -0.113. The summed E-state index contributed by atoms with van der Waals surface area (Å²) >= 11 is 0. The van der Waals surface area contributed by atoms with Crippen molar-refractivity contribution in [1.29, 1.82) is 0 Å². The van der Waals surface area contributed by atoms with Crippen LogP contribution in [0.2, 0.25) is 0 Å². The van der Waals surface area contributed by atoms with E-state index < -0.39 is 0 Å². The van der Waals surface area contributed by atoms with E-state index in [1.54, 1.807) is 23.1 Å². The van der Waals surface area contributed by atoms with Gasteiger partial charge in [-0.2, -0.15) is 0 Å². The lowest BCUT2D eigenvalue weighted by Crippen LogP contribution is -2.32. The third-order valence-corrected chi connectivity index (χ3v) is 4.60. The molecular weight excluding hydrogens is 351 g/mol. The first-order valence-corrected chi connectivity index (χ1v) is 9.05. The van der Waals surface area contributed by atoms with Crippen molar-refractivity contribution in [3.63, 3.8) is 0 Å². The largest absolute Gasteiger partial charge is 0.282 e. The molecule has 0 atom stereocenters. The van der Waals surface area contributed by atoms with Crippen molar-refractivity contribution in [3.05, 3.63) is 107 Å². The molecule has 0 radical (unpaired) electrons. The summed E-state index contributed by atoms with van der Waals surface area (Å²) in [6, 6.07) is 21.6. The smallest absolute Gasteiger partial charge is 0.266 e. The Morgan fingerprint density at radius 3 is 2.29 bits per heavy atom. The molecule has 1 aliphatic heterocycles. The van der Waals surface area contributed by atoms with E-state index in [2.05, 4.69) is 4.99 Å². The summed E-state index contributed by atoms with van der Waals surface area (Å²) in [6.45, 7) is 3.99. The van der Waals surface area contributed by atoms with Gasteiger partial charge in [0, 0.05) is 5.56 Å². The van der Waals surface area contributed by atoms with E-state index in [-0.39, 0.29) is 11.7 Å². The van der Waals surface area contributed by atoms with Crippen LogP contribution in [0.1, 0.15) is 22.3 Å². The summed E-state index contributed by atoms with van der Waals surface area (Å²) in [5, 5.41) is 0. The highest BCUT2D eigenvalue weighted by Crippen LogP contribution is 2.28. The van der Waals surface area contributed by atoms with Crippen LogP contribution in [0, 0.1) is 19.7 Å². The molecule has 138 valence electrons. The van der Waals surface area contributed by atoms with E-state index in [0.29, 0.717) is 17.1 Å². The highest BCUT2D eigenvalue weighted by Gasteiger charge is 2.32. The van der Waals surface area contributed by atoms with Gasteiger partial charge >= 0.3 is 0 Å². The molecule has 0 aromatic heterocycles. The van der Waals surface area contributed by atoms with Crippen molar-refractivity contribution in [3.8, 4) is 0 Å². The van der Waals surface area contributed by atoms with E-state index in [4.69, 9.17) is 0 Å². The Morgan fingerprint density at radius 2 is 1.61 bits per heavy atom. The molecule has 4 heteroatoms. The molecule has 28 heavy (non-hydrogen) atoms. The van der Waals surface area contributed by atoms with Gasteiger partial charge in [0.05, 0.1) is 5.69 Å². The van der Waals surface area contributed by atoms with Crippen LogP contribution in [-0.4, -0.2) is 11.7 Å². The van der Waals surface area contributed by atoms with Gasteiger partial charge in [0.15, 0.2) is 0 Å². The molecule has 0 saturated carbocycles. The Kier molecular flexibility index (Phi) is 4.62. The van der Waals surface area contributed by atoms with Crippen molar-refractivity contribution >= 4 is 23.5 Å². The van der Waals surface area contributed by atoms with Crippen LogP contribution in [0.15, 0.2) is 83.5 Å². The zero-order chi connectivity index (χ0) is 19.7. The first-order chi connectivity index (χ1) is 13.5. The van der Waals surface area contributed by atoms with E-state index in [1.165, 1.54) is 12.1 Å². The molecule has 1 heterocycles. The molecule has 0 spiro atoms. The number of aliphatic imine (C=N–C) groups is 1. The van der Waals surface area contributed by atoms with Crippen LogP contribution < -0.4 is 4.90 Å². The monoisotopic (exact) mass is 370 g/mol. The normalized spacial score (nSPS) is 15.2. The minimum absolute atomic E-state index is 0.203. The van der Waals surface area contributed by atoms with Crippen LogP contribution in [0.5, 0.6) is 0 Å². The van der Waals surface area contributed by atoms with Gasteiger partial charge in [-0.25, -0.2) is 9.38 Å². The number of carbonyl (C=O) groups is 1. The Labute approximate surface area is 163 Å². The molecule has 3 aromatic rings. The van der Waals surface area contributed by atoms with Crippen molar-refractivity contribution in [2.24, 2.45) is 4.99 Å². The minimum Gasteiger partial charge on any atom is -0.266 e. The predicted molar refractivity (Wildman–Crippen MR) is 111 cm³/mol. The van der Waals surface area contributed by atoms with Crippen molar-refractivity contribution in [2.45, 2.75) is 13.8 Å². The number of amides is 1. The number of hydrogen-bond acceptors (Lipinski definition) is 2. The number of amidine groups is 1. The first-order valence-electron chi connectivity index (χ1n) is 9.05. The lowest BCUT2D eigenvalue weighted by atomic mass is 10.1. The number of halogens is 1. The summed E-state index contributed by atoms with van der Waals surface area (Å²) in [5.74, 6) is -0.0364. The fourth-order valence-electron chi connectivity index (χ4n) is 3.14. The number of hydrogen-bond donors (Lipinski definition) is 0. The fourth-order valence-corrected chi connectivity index (χ4v) is 3.14. The van der Waals surface area contributed by atoms with E-state index in [0.717, 1.165) is 22.4 Å². The van der Waals surface area contributed by atoms with Gasteiger partial charge in [0.2, 0.25) is 0 Å². The number of aryl methyl sites for hydroxylation is 2. The number of anilines is 1. The van der Waals surface area contributed by atoms with Gasteiger partial charge in [-0.05, 0) is 67.4 Å². The number of benzene rings is 3. The van der Waals surface area contributed by atoms with Crippen LogP contribution >= 0.6 is 0 Å². The highest BCUT2D eigenvalue weighted by atomic mass is 19.1. The summed E-state index contributed by atoms with van der Waals surface area (Å²) in [7, 11) is 0. The Balaban J connectivity index is 1.82. The molecule has 3 nitrogen and oxygen atoms in total. The fraction of sp³-hybridized carbons (Fsp3) is 0.0833. The zero-order valence-electron chi connectivity index (χ0n) is 15.7. The Morgan fingerprint density at radius 1 is 0.893 bits per heavy atom. The summed E-state index contributed by atoms with van der Waals surface area (Å²) in [5.41, 5.74) is 4.87. The molecule has 4 rings (SSSR count). The SMILES string of the molecule is Cc1ccc(/C=C2/N=C(c3ccc(F)cc3)N(c3cccc(C)c3)C2=O)cc1. The molecule has 0 N–H and O–H groups in total. The summed E-state index contributed by atoms with van der Waals surface area (Å²) < 4.78 is 13.4. The first kappa shape index (κ1) is 17.9. The quantitative estimate of drug-likeness (QED) is 0.578. The molecule has 0 bridgehead atoms. The topological polar surface area (TPSA) is 32.7 Å². The maximum absolute atomic E-state index is 13.4. The van der Waals surface area contributed by atoms with Gasteiger partial charge in [-0.15, -0.1) is 0 Å². The third kappa shape index (κ3) is 3.49. The number of rotatable bonds is 3. The average molecular weight is 370 g/mol. The molecule has 3 aromatic carbocycles. The van der Waals surface area contributed by atoms with E-state index in [9.17, 15) is 9.18 Å². The van der Waals surface area contributed by atoms with Gasteiger partial charge in [0.25, 0.3) is 5.91 Å². The number of nitrogens with zero attached hydrogens (tertiary/aromatic N) is 2. The maximum Gasteiger partial charge on any atom is 0.282 e.